The van der Waals surface area contributed by atoms with Crippen LogP contribution in [0.4, 0.5) is 0 Å². The zero-order valence-electron chi connectivity index (χ0n) is 11.4. The van der Waals surface area contributed by atoms with E-state index in [1.807, 2.05) is 26.0 Å². The monoisotopic (exact) mass is 271 g/mol. The molecule has 1 aromatic heterocycles. The maximum atomic E-state index is 11.2. The van der Waals surface area contributed by atoms with E-state index in [0.717, 1.165) is 12.0 Å². The van der Waals surface area contributed by atoms with Crippen LogP contribution in [0.5, 0.6) is 5.75 Å². The normalized spacial score (nSPS) is 10.3. The standard InChI is InChI=1S/C15H16N2O3/c1-3-10-6-5-7-11(14(10)20-4-2)13-12(15(18)19)8-16-9-17-13/h5-9H,3-4H2,1-2H3,(H,18,19)/p-1. The van der Waals surface area contributed by atoms with Crippen LogP contribution in [0.1, 0.15) is 29.8 Å². The molecule has 0 N–H and O–H groups in total. The van der Waals surface area contributed by atoms with Crippen LogP contribution in [-0.4, -0.2) is 22.5 Å². The lowest BCUT2D eigenvalue weighted by Crippen LogP contribution is -2.23. The van der Waals surface area contributed by atoms with E-state index in [0.29, 0.717) is 23.6 Å². The van der Waals surface area contributed by atoms with Gasteiger partial charge in [0.2, 0.25) is 0 Å². The molecule has 0 aliphatic carbocycles. The van der Waals surface area contributed by atoms with Crippen LogP contribution in [0.25, 0.3) is 11.3 Å². The van der Waals surface area contributed by atoms with Crippen molar-refractivity contribution in [2.75, 3.05) is 6.61 Å². The minimum absolute atomic E-state index is 0.0401. The summed E-state index contributed by atoms with van der Waals surface area (Å²) in [5.41, 5.74) is 1.93. The predicted molar refractivity (Wildman–Crippen MR) is 72.3 cm³/mol. The third-order valence-corrected chi connectivity index (χ3v) is 2.95. The Labute approximate surface area is 117 Å². The number of carbonyl (C=O) groups is 1. The van der Waals surface area contributed by atoms with E-state index in [1.165, 1.54) is 12.5 Å². The number of carboxylic acid groups (broad SMARTS) is 1. The van der Waals surface area contributed by atoms with Crippen molar-refractivity contribution in [1.29, 1.82) is 0 Å². The number of aryl methyl sites for hydroxylation is 1. The molecule has 0 fully saturated rings. The molecule has 1 aromatic carbocycles. The number of para-hydroxylation sites is 1. The van der Waals surface area contributed by atoms with Gasteiger partial charge in [-0.2, -0.15) is 0 Å². The van der Waals surface area contributed by atoms with Crippen molar-refractivity contribution in [2.24, 2.45) is 0 Å². The third kappa shape index (κ3) is 2.61. The summed E-state index contributed by atoms with van der Waals surface area (Å²) in [4.78, 5) is 19.0. The number of nitrogens with zero attached hydrogens (tertiary/aromatic N) is 2. The predicted octanol–water partition coefficient (Wildman–Crippen LogP) is 1.47. The Morgan fingerprint density at radius 3 is 2.80 bits per heavy atom. The molecule has 0 unspecified atom stereocenters. The molecule has 0 saturated carbocycles. The summed E-state index contributed by atoms with van der Waals surface area (Å²) in [5, 5.41) is 11.2. The van der Waals surface area contributed by atoms with Gasteiger partial charge in [-0.15, -0.1) is 0 Å². The van der Waals surface area contributed by atoms with Crippen LogP contribution in [-0.2, 0) is 6.42 Å². The summed E-state index contributed by atoms with van der Waals surface area (Å²) < 4.78 is 5.67. The zero-order chi connectivity index (χ0) is 14.5. The average molecular weight is 271 g/mol. The van der Waals surface area contributed by atoms with E-state index in [9.17, 15) is 9.90 Å². The van der Waals surface area contributed by atoms with Gasteiger partial charge in [0.25, 0.3) is 0 Å². The maximum absolute atomic E-state index is 11.2. The van der Waals surface area contributed by atoms with Crippen molar-refractivity contribution in [3.05, 3.63) is 41.9 Å². The molecule has 0 spiro atoms. The number of aromatic nitrogens is 2. The van der Waals surface area contributed by atoms with E-state index in [2.05, 4.69) is 9.97 Å². The molecular weight excluding hydrogens is 256 g/mol. The number of aromatic carboxylic acids is 1. The Kier molecular flexibility index (Phi) is 4.30. The molecule has 1 heterocycles. The number of hydrogen-bond acceptors (Lipinski definition) is 5. The van der Waals surface area contributed by atoms with E-state index in [4.69, 9.17) is 4.74 Å². The topological polar surface area (TPSA) is 75.1 Å². The molecule has 0 aliphatic heterocycles. The van der Waals surface area contributed by atoms with Gasteiger partial charge in [0.15, 0.2) is 0 Å². The number of rotatable bonds is 5. The SMILES string of the molecule is CCOc1c(CC)cccc1-c1ncncc1C(=O)[O-]. The Balaban J connectivity index is 2.66. The molecule has 20 heavy (non-hydrogen) atoms. The van der Waals surface area contributed by atoms with Gasteiger partial charge in [0, 0.05) is 17.3 Å². The van der Waals surface area contributed by atoms with E-state index in [-0.39, 0.29) is 5.56 Å². The van der Waals surface area contributed by atoms with Crippen LogP contribution in [0.2, 0.25) is 0 Å². The Morgan fingerprint density at radius 2 is 2.15 bits per heavy atom. The first-order valence-electron chi connectivity index (χ1n) is 6.45. The Bertz CT molecular complexity index is 626. The second kappa shape index (κ2) is 6.14. The summed E-state index contributed by atoms with van der Waals surface area (Å²) >= 11 is 0. The van der Waals surface area contributed by atoms with Crippen molar-refractivity contribution >= 4 is 5.97 Å². The van der Waals surface area contributed by atoms with Gasteiger partial charge in [0.1, 0.15) is 12.1 Å². The lowest BCUT2D eigenvalue weighted by molar-refractivity contribution is -0.255. The number of carboxylic acids is 1. The number of ether oxygens (including phenoxy) is 1. The van der Waals surface area contributed by atoms with Gasteiger partial charge in [-0.25, -0.2) is 9.97 Å². The van der Waals surface area contributed by atoms with Crippen LogP contribution in [0.15, 0.2) is 30.7 Å². The highest BCUT2D eigenvalue weighted by atomic mass is 16.5. The molecule has 0 bridgehead atoms. The van der Waals surface area contributed by atoms with E-state index >= 15 is 0 Å². The molecule has 0 aliphatic rings. The van der Waals surface area contributed by atoms with Crippen LogP contribution in [0.3, 0.4) is 0 Å². The Hall–Kier alpha value is -2.43. The van der Waals surface area contributed by atoms with Crippen molar-refractivity contribution in [2.45, 2.75) is 20.3 Å². The molecule has 104 valence electrons. The van der Waals surface area contributed by atoms with Crippen molar-refractivity contribution in [3.63, 3.8) is 0 Å². The fourth-order valence-electron chi connectivity index (χ4n) is 2.06. The highest BCUT2D eigenvalue weighted by molar-refractivity contribution is 5.94. The molecular formula is C15H15N2O3-. The molecule has 5 heteroatoms. The van der Waals surface area contributed by atoms with Crippen molar-refractivity contribution in [1.82, 2.24) is 9.97 Å². The minimum atomic E-state index is -1.30. The fraction of sp³-hybridized carbons (Fsp3) is 0.267. The van der Waals surface area contributed by atoms with Gasteiger partial charge < -0.3 is 14.6 Å². The molecule has 0 atom stereocenters. The average Bonchev–Trinajstić information content (AvgIpc) is 2.47. The largest absolute Gasteiger partial charge is 0.545 e. The van der Waals surface area contributed by atoms with Crippen LogP contribution in [0, 0.1) is 0 Å². The van der Waals surface area contributed by atoms with Crippen molar-refractivity contribution in [3.8, 4) is 17.0 Å². The van der Waals surface area contributed by atoms with E-state index < -0.39 is 5.97 Å². The zero-order valence-corrected chi connectivity index (χ0v) is 11.4. The second-order valence-corrected chi connectivity index (χ2v) is 4.15. The summed E-state index contributed by atoms with van der Waals surface area (Å²) in [6.07, 6.45) is 3.34. The molecule has 2 rings (SSSR count). The maximum Gasteiger partial charge on any atom is 0.131 e. The second-order valence-electron chi connectivity index (χ2n) is 4.15. The number of hydrogen-bond donors (Lipinski definition) is 0. The smallest absolute Gasteiger partial charge is 0.131 e. The van der Waals surface area contributed by atoms with Crippen LogP contribution < -0.4 is 9.84 Å². The lowest BCUT2D eigenvalue weighted by Gasteiger charge is -2.16. The quantitative estimate of drug-likeness (QED) is 0.823. The highest BCUT2D eigenvalue weighted by Crippen LogP contribution is 2.33. The molecule has 0 amide bonds. The lowest BCUT2D eigenvalue weighted by atomic mass is 10.0. The number of benzene rings is 1. The van der Waals surface area contributed by atoms with Crippen molar-refractivity contribution < 1.29 is 14.6 Å². The van der Waals surface area contributed by atoms with Gasteiger partial charge in [-0.1, -0.05) is 19.1 Å². The first-order chi connectivity index (χ1) is 9.69. The highest BCUT2D eigenvalue weighted by Gasteiger charge is 2.15. The van der Waals surface area contributed by atoms with Gasteiger partial charge in [-0.05, 0) is 25.0 Å². The first-order valence-corrected chi connectivity index (χ1v) is 6.45. The summed E-state index contributed by atoms with van der Waals surface area (Å²) in [7, 11) is 0. The van der Waals surface area contributed by atoms with Gasteiger partial charge in [0.05, 0.1) is 18.3 Å². The minimum Gasteiger partial charge on any atom is -0.545 e. The van der Waals surface area contributed by atoms with Gasteiger partial charge in [-0.3, -0.25) is 0 Å². The van der Waals surface area contributed by atoms with Crippen LogP contribution >= 0.6 is 0 Å². The summed E-state index contributed by atoms with van der Waals surface area (Å²) in [6.45, 7) is 4.40. The Morgan fingerprint density at radius 1 is 1.35 bits per heavy atom. The summed E-state index contributed by atoms with van der Waals surface area (Å²) in [5.74, 6) is -0.636. The van der Waals surface area contributed by atoms with E-state index in [1.54, 1.807) is 6.07 Å². The molecule has 5 nitrogen and oxygen atoms in total. The first kappa shape index (κ1) is 14.0. The fourth-order valence-corrected chi connectivity index (χ4v) is 2.06. The van der Waals surface area contributed by atoms with Gasteiger partial charge >= 0.3 is 0 Å². The third-order valence-electron chi connectivity index (χ3n) is 2.95. The molecule has 0 radical (unpaired) electrons. The molecule has 0 saturated heterocycles. The molecule has 2 aromatic rings. The summed E-state index contributed by atoms with van der Waals surface area (Å²) in [6, 6.07) is 5.60. The number of carbonyl (C=O) groups excluding carboxylic acids is 1.